The predicted molar refractivity (Wildman–Crippen MR) is 146 cm³/mol. The van der Waals surface area contributed by atoms with Gasteiger partial charge in [0.05, 0.1) is 16.6 Å². The number of hydrogen-bond donors (Lipinski definition) is 1. The average molecular weight is 565 g/mol. The van der Waals surface area contributed by atoms with Gasteiger partial charge in [-0.25, -0.2) is 9.37 Å². The molecule has 0 radical (unpaired) electrons. The smallest absolute Gasteiger partial charge is 0.389 e. The van der Waals surface area contributed by atoms with E-state index in [2.05, 4.69) is 10.3 Å². The van der Waals surface area contributed by atoms with E-state index in [4.69, 9.17) is 4.42 Å². The molecule has 3 aliphatic rings. The maximum atomic E-state index is 13.6. The third-order valence-electron chi connectivity index (χ3n) is 8.52. The van der Waals surface area contributed by atoms with Crippen molar-refractivity contribution in [2.75, 3.05) is 7.05 Å². The minimum absolute atomic E-state index is 0.00381. The highest BCUT2D eigenvalue weighted by Gasteiger charge is 2.56. The zero-order valence-corrected chi connectivity index (χ0v) is 22.6. The number of fused-ring (bicyclic) bond motifs is 1. The van der Waals surface area contributed by atoms with Crippen molar-refractivity contribution in [1.82, 2.24) is 10.3 Å². The zero-order valence-electron chi connectivity index (χ0n) is 22.6. The normalized spacial score (nSPS) is 19.5. The fraction of sp³-hybridized carbons (Fsp3) is 0.344. The highest BCUT2D eigenvalue weighted by molar-refractivity contribution is 6.11. The van der Waals surface area contributed by atoms with E-state index in [0.29, 0.717) is 34.1 Å². The van der Waals surface area contributed by atoms with E-state index in [1.54, 1.807) is 24.3 Å². The summed E-state index contributed by atoms with van der Waals surface area (Å²) in [6, 6.07) is 12.2. The van der Waals surface area contributed by atoms with Gasteiger partial charge in [0.1, 0.15) is 11.6 Å². The molecule has 2 aromatic heterocycles. The largest absolute Gasteiger partial charge is 0.437 e. The van der Waals surface area contributed by atoms with Gasteiger partial charge in [0.2, 0.25) is 5.71 Å². The molecule has 0 atom stereocenters. The van der Waals surface area contributed by atoms with Crippen LogP contribution in [-0.4, -0.2) is 29.9 Å². The Morgan fingerprint density at radius 1 is 1.05 bits per heavy atom. The van der Waals surface area contributed by atoms with E-state index in [0.717, 1.165) is 30.7 Å². The van der Waals surface area contributed by atoms with Crippen LogP contribution in [0.1, 0.15) is 64.1 Å². The van der Waals surface area contributed by atoms with E-state index in [1.807, 2.05) is 6.92 Å². The molecule has 0 aliphatic heterocycles. The second-order valence-corrected chi connectivity index (χ2v) is 11.5. The highest BCUT2D eigenvalue weighted by Crippen LogP contribution is 2.66. The Morgan fingerprint density at radius 3 is 2.34 bits per heavy atom. The Kier molecular flexibility index (Phi) is 6.51. The van der Waals surface area contributed by atoms with Crippen LogP contribution in [0.5, 0.6) is 0 Å². The molecule has 0 saturated heterocycles. The molecule has 0 unspecified atom stereocenters. The SMILES string of the molecule is CNC(=O)c1c(-c2ccc(F)cc2)oc2nc(CCC(F)(F)F)c(-c3ccc(C)c(C(=O)CC45CC(C4)C5)c3)cc12. The van der Waals surface area contributed by atoms with Crippen molar-refractivity contribution in [3.05, 3.63) is 76.7 Å². The number of rotatable bonds is 8. The van der Waals surface area contributed by atoms with E-state index in [-0.39, 0.29) is 33.9 Å². The van der Waals surface area contributed by atoms with Gasteiger partial charge in [0.15, 0.2) is 5.78 Å². The molecule has 5 nitrogen and oxygen atoms in total. The topological polar surface area (TPSA) is 72.2 Å². The zero-order chi connectivity index (χ0) is 29.1. The van der Waals surface area contributed by atoms with Crippen molar-refractivity contribution < 1.29 is 31.6 Å². The van der Waals surface area contributed by atoms with Crippen molar-refractivity contribution in [2.45, 2.75) is 51.6 Å². The molecule has 3 aliphatic carbocycles. The van der Waals surface area contributed by atoms with Crippen molar-refractivity contribution in [2.24, 2.45) is 11.3 Å². The summed E-state index contributed by atoms with van der Waals surface area (Å²) in [7, 11) is 1.45. The lowest BCUT2D eigenvalue weighted by Gasteiger charge is -2.62. The number of nitrogens with one attached hydrogen (secondary N) is 1. The van der Waals surface area contributed by atoms with Crippen LogP contribution in [0.15, 0.2) is 52.9 Å². The number of Topliss-reactive ketones (excluding diaryl/α,β-unsaturated/α-hetero) is 1. The maximum Gasteiger partial charge on any atom is 0.389 e. The lowest BCUT2D eigenvalue weighted by atomic mass is 9.43. The molecule has 0 spiro atoms. The van der Waals surface area contributed by atoms with Crippen LogP contribution in [0.3, 0.4) is 0 Å². The maximum absolute atomic E-state index is 13.6. The third kappa shape index (κ3) is 5.02. The van der Waals surface area contributed by atoms with Crippen molar-refractivity contribution in [1.29, 1.82) is 0 Å². The van der Waals surface area contributed by atoms with Crippen molar-refractivity contribution >= 4 is 22.8 Å². The fourth-order valence-electron chi connectivity index (χ4n) is 6.31. The minimum atomic E-state index is -4.42. The fourth-order valence-corrected chi connectivity index (χ4v) is 6.31. The molecule has 3 saturated carbocycles. The number of aryl methyl sites for hydroxylation is 2. The number of carbonyl (C=O) groups excluding carboxylic acids is 2. The van der Waals surface area contributed by atoms with Crippen LogP contribution in [-0.2, 0) is 6.42 Å². The van der Waals surface area contributed by atoms with Gasteiger partial charge < -0.3 is 9.73 Å². The molecule has 4 aromatic rings. The summed E-state index contributed by atoms with van der Waals surface area (Å²) < 4.78 is 59.5. The van der Waals surface area contributed by atoms with Gasteiger partial charge in [-0.15, -0.1) is 0 Å². The number of pyridine rings is 1. The molecule has 1 N–H and O–H groups in total. The number of aromatic nitrogens is 1. The molecule has 2 aromatic carbocycles. The first-order valence-corrected chi connectivity index (χ1v) is 13.6. The molecular weight excluding hydrogens is 536 g/mol. The number of furan rings is 1. The molecule has 9 heteroatoms. The Hall–Kier alpha value is -4.01. The van der Waals surface area contributed by atoms with Crippen LogP contribution >= 0.6 is 0 Å². The van der Waals surface area contributed by atoms with E-state index >= 15 is 0 Å². The van der Waals surface area contributed by atoms with E-state index < -0.39 is 30.7 Å². The Morgan fingerprint density at radius 2 is 1.73 bits per heavy atom. The number of carbonyl (C=O) groups is 2. The molecule has 2 heterocycles. The quantitative estimate of drug-likeness (QED) is 0.175. The summed E-state index contributed by atoms with van der Waals surface area (Å²) in [6.07, 6.45) is -2.22. The van der Waals surface area contributed by atoms with Gasteiger partial charge in [0, 0.05) is 36.6 Å². The lowest BCUT2D eigenvalue weighted by Crippen LogP contribution is -2.52. The third-order valence-corrected chi connectivity index (χ3v) is 8.52. The van der Waals surface area contributed by atoms with Crippen molar-refractivity contribution in [3.8, 4) is 22.5 Å². The minimum Gasteiger partial charge on any atom is -0.437 e. The lowest BCUT2D eigenvalue weighted by molar-refractivity contribution is -0.134. The molecule has 7 rings (SSSR count). The van der Waals surface area contributed by atoms with Gasteiger partial charge in [-0.1, -0.05) is 12.1 Å². The highest BCUT2D eigenvalue weighted by atomic mass is 19.4. The molecule has 212 valence electrons. The number of hydrogen-bond acceptors (Lipinski definition) is 4. The second kappa shape index (κ2) is 9.82. The molecule has 2 bridgehead atoms. The summed E-state index contributed by atoms with van der Waals surface area (Å²) in [6.45, 7) is 1.85. The Labute approximate surface area is 234 Å². The Balaban J connectivity index is 1.50. The number of alkyl halides is 3. The van der Waals surface area contributed by atoms with Gasteiger partial charge >= 0.3 is 6.18 Å². The molecular formula is C32H28F4N2O3. The summed E-state index contributed by atoms with van der Waals surface area (Å²) in [4.78, 5) is 30.9. The number of nitrogens with zero attached hydrogens (tertiary/aromatic N) is 1. The molecule has 3 fully saturated rings. The van der Waals surface area contributed by atoms with Crippen LogP contribution in [0, 0.1) is 24.1 Å². The first-order chi connectivity index (χ1) is 19.4. The summed E-state index contributed by atoms with van der Waals surface area (Å²) in [5.41, 5.74) is 3.06. The first-order valence-electron chi connectivity index (χ1n) is 13.6. The van der Waals surface area contributed by atoms with Crippen LogP contribution in [0.4, 0.5) is 17.6 Å². The van der Waals surface area contributed by atoms with Gasteiger partial charge in [-0.2, -0.15) is 13.2 Å². The van der Waals surface area contributed by atoms with Crippen LogP contribution in [0.2, 0.25) is 0 Å². The summed E-state index contributed by atoms with van der Waals surface area (Å²) in [5.74, 6) is -0.0592. The van der Waals surface area contributed by atoms with Gasteiger partial charge in [-0.3, -0.25) is 9.59 Å². The standard InChI is InChI=1S/C32H28F4N2O3/c1-17-3-4-20(11-22(17)26(39)16-31-13-18(14-31)15-31)23-12-24-27(29(40)37-2)28(19-5-7-21(33)8-6-19)41-30(24)38-25(23)9-10-32(34,35)36/h3-8,11-12,18H,9-10,13-16H2,1-2H3,(H,37,40). The summed E-state index contributed by atoms with van der Waals surface area (Å²) >= 11 is 0. The first kappa shape index (κ1) is 27.2. The van der Waals surface area contributed by atoms with Gasteiger partial charge in [0.25, 0.3) is 5.91 Å². The van der Waals surface area contributed by atoms with Crippen molar-refractivity contribution in [3.63, 3.8) is 0 Å². The number of halogens is 4. The van der Waals surface area contributed by atoms with Crippen LogP contribution < -0.4 is 5.32 Å². The number of benzene rings is 2. The van der Waals surface area contributed by atoms with Crippen LogP contribution in [0.25, 0.3) is 33.6 Å². The number of amides is 1. The molecule has 1 amide bonds. The number of ketones is 1. The average Bonchev–Trinajstić information content (AvgIpc) is 3.26. The van der Waals surface area contributed by atoms with Gasteiger partial charge in [-0.05, 0) is 91.5 Å². The molecule has 41 heavy (non-hydrogen) atoms. The van der Waals surface area contributed by atoms with E-state index in [1.165, 1.54) is 31.3 Å². The van der Waals surface area contributed by atoms with E-state index in [9.17, 15) is 27.2 Å². The second-order valence-electron chi connectivity index (χ2n) is 11.5. The summed E-state index contributed by atoms with van der Waals surface area (Å²) in [5, 5.41) is 2.88. The Bertz CT molecular complexity index is 1670. The monoisotopic (exact) mass is 564 g/mol. The predicted octanol–water partition coefficient (Wildman–Crippen LogP) is 7.84.